The van der Waals surface area contributed by atoms with E-state index in [1.165, 1.54) is 11.3 Å². The van der Waals surface area contributed by atoms with Gasteiger partial charge in [0.2, 0.25) is 0 Å². The predicted molar refractivity (Wildman–Crippen MR) is 82.1 cm³/mol. The number of nitrogens with zero attached hydrogens (tertiary/aromatic N) is 2. The molecule has 1 aromatic carbocycles. The molecule has 3 nitrogen and oxygen atoms in total. The molecule has 3 heteroatoms. The molecular formula is C17H22N2O. The Morgan fingerprint density at radius 3 is 2.30 bits per heavy atom. The van der Waals surface area contributed by atoms with E-state index in [0.717, 1.165) is 12.2 Å². The van der Waals surface area contributed by atoms with Crippen LogP contribution in [0.2, 0.25) is 0 Å². The van der Waals surface area contributed by atoms with Gasteiger partial charge in [-0.05, 0) is 23.6 Å². The minimum Gasteiger partial charge on any atom is -0.343 e. The molecule has 0 saturated carbocycles. The maximum atomic E-state index is 12.3. The normalized spacial score (nSPS) is 10.8. The summed E-state index contributed by atoms with van der Waals surface area (Å²) in [4.78, 5) is 13.9. The summed E-state index contributed by atoms with van der Waals surface area (Å²) in [7, 11) is 3.58. The van der Waals surface area contributed by atoms with E-state index in [1.54, 1.807) is 19.0 Å². The largest absolute Gasteiger partial charge is 0.343 e. The lowest BCUT2D eigenvalue weighted by molar-refractivity contribution is 0.0817. The Morgan fingerprint density at radius 2 is 1.75 bits per heavy atom. The van der Waals surface area contributed by atoms with Crippen LogP contribution in [0.3, 0.4) is 0 Å². The van der Waals surface area contributed by atoms with Crippen molar-refractivity contribution in [3.63, 3.8) is 0 Å². The molecule has 0 atom stereocenters. The van der Waals surface area contributed by atoms with E-state index in [4.69, 9.17) is 0 Å². The molecule has 0 aliphatic carbocycles. The number of benzene rings is 1. The summed E-state index contributed by atoms with van der Waals surface area (Å²) in [5.41, 5.74) is 3.15. The lowest BCUT2D eigenvalue weighted by Crippen LogP contribution is -2.25. The first-order valence-electron chi connectivity index (χ1n) is 6.95. The fourth-order valence-electron chi connectivity index (χ4n) is 2.35. The van der Waals surface area contributed by atoms with E-state index in [0.29, 0.717) is 5.92 Å². The van der Waals surface area contributed by atoms with Gasteiger partial charge in [-0.1, -0.05) is 44.2 Å². The maximum Gasteiger partial charge on any atom is 0.269 e. The van der Waals surface area contributed by atoms with Crippen molar-refractivity contribution in [3.8, 4) is 0 Å². The number of rotatable bonds is 4. The maximum absolute atomic E-state index is 12.3. The highest BCUT2D eigenvalue weighted by atomic mass is 16.2. The van der Waals surface area contributed by atoms with Crippen molar-refractivity contribution in [2.24, 2.45) is 0 Å². The molecule has 0 fully saturated rings. The van der Waals surface area contributed by atoms with E-state index in [9.17, 15) is 4.79 Å². The van der Waals surface area contributed by atoms with E-state index in [2.05, 4.69) is 36.6 Å². The molecule has 0 aliphatic rings. The Hall–Kier alpha value is -2.03. The molecule has 0 saturated heterocycles. The molecular weight excluding hydrogens is 248 g/mol. The van der Waals surface area contributed by atoms with Crippen molar-refractivity contribution in [1.82, 2.24) is 9.47 Å². The smallest absolute Gasteiger partial charge is 0.269 e. The van der Waals surface area contributed by atoms with E-state index in [1.807, 2.05) is 24.3 Å². The van der Waals surface area contributed by atoms with Crippen LogP contribution in [0, 0.1) is 0 Å². The van der Waals surface area contributed by atoms with Gasteiger partial charge < -0.3 is 9.47 Å². The van der Waals surface area contributed by atoms with Gasteiger partial charge in [-0.3, -0.25) is 4.79 Å². The summed E-state index contributed by atoms with van der Waals surface area (Å²) >= 11 is 0. The van der Waals surface area contributed by atoms with Gasteiger partial charge in [-0.2, -0.15) is 0 Å². The van der Waals surface area contributed by atoms with E-state index in [-0.39, 0.29) is 5.91 Å². The summed E-state index contributed by atoms with van der Waals surface area (Å²) in [5, 5.41) is 0. The van der Waals surface area contributed by atoms with Crippen LogP contribution in [0.4, 0.5) is 0 Å². The van der Waals surface area contributed by atoms with Crippen molar-refractivity contribution in [1.29, 1.82) is 0 Å². The van der Waals surface area contributed by atoms with Crippen molar-refractivity contribution in [2.75, 3.05) is 14.1 Å². The molecule has 1 heterocycles. The quantitative estimate of drug-likeness (QED) is 0.836. The minimum atomic E-state index is 0.0489. The van der Waals surface area contributed by atoms with Crippen LogP contribution in [0.1, 0.15) is 41.5 Å². The number of carbonyl (C=O) groups excluding carboxylic acids is 1. The van der Waals surface area contributed by atoms with Crippen LogP contribution < -0.4 is 0 Å². The van der Waals surface area contributed by atoms with Gasteiger partial charge in [0, 0.05) is 26.3 Å². The highest BCUT2D eigenvalue weighted by molar-refractivity contribution is 5.92. The van der Waals surface area contributed by atoms with Crippen molar-refractivity contribution in [2.45, 2.75) is 26.3 Å². The SMILES string of the molecule is CC(C)c1ccc(C(=O)N(C)C)n1Cc1ccccc1. The summed E-state index contributed by atoms with van der Waals surface area (Å²) in [6, 6.07) is 14.2. The summed E-state index contributed by atoms with van der Waals surface area (Å²) < 4.78 is 2.13. The number of hydrogen-bond donors (Lipinski definition) is 0. The van der Waals surface area contributed by atoms with Gasteiger partial charge in [-0.15, -0.1) is 0 Å². The molecule has 0 spiro atoms. The molecule has 0 aliphatic heterocycles. The van der Waals surface area contributed by atoms with Crippen LogP contribution in [0.5, 0.6) is 0 Å². The Bertz CT molecular complexity index is 582. The van der Waals surface area contributed by atoms with Crippen LogP contribution in [-0.4, -0.2) is 29.5 Å². The zero-order chi connectivity index (χ0) is 14.7. The predicted octanol–water partition coefficient (Wildman–Crippen LogP) is 3.36. The first-order chi connectivity index (χ1) is 9.50. The third-order valence-electron chi connectivity index (χ3n) is 3.41. The van der Waals surface area contributed by atoms with Gasteiger partial charge >= 0.3 is 0 Å². The Labute approximate surface area is 120 Å². The molecule has 2 rings (SSSR count). The lowest BCUT2D eigenvalue weighted by Gasteiger charge is -2.17. The molecule has 0 radical (unpaired) electrons. The first kappa shape index (κ1) is 14.4. The van der Waals surface area contributed by atoms with Crippen LogP contribution in [-0.2, 0) is 6.54 Å². The van der Waals surface area contributed by atoms with Crippen LogP contribution >= 0.6 is 0 Å². The molecule has 106 valence electrons. The second-order valence-corrected chi connectivity index (χ2v) is 5.57. The van der Waals surface area contributed by atoms with Gasteiger partial charge in [-0.25, -0.2) is 0 Å². The summed E-state index contributed by atoms with van der Waals surface area (Å²) in [5.74, 6) is 0.440. The number of amides is 1. The summed E-state index contributed by atoms with van der Waals surface area (Å²) in [6.45, 7) is 5.04. The van der Waals surface area contributed by atoms with Gasteiger partial charge in [0.1, 0.15) is 5.69 Å². The fraction of sp³-hybridized carbons (Fsp3) is 0.353. The second-order valence-electron chi connectivity index (χ2n) is 5.57. The average molecular weight is 270 g/mol. The third-order valence-corrected chi connectivity index (χ3v) is 3.41. The fourth-order valence-corrected chi connectivity index (χ4v) is 2.35. The number of hydrogen-bond acceptors (Lipinski definition) is 1. The van der Waals surface area contributed by atoms with Crippen LogP contribution in [0.15, 0.2) is 42.5 Å². The molecule has 0 N–H and O–H groups in total. The Balaban J connectivity index is 2.42. The lowest BCUT2D eigenvalue weighted by atomic mass is 10.1. The minimum absolute atomic E-state index is 0.0489. The van der Waals surface area contributed by atoms with E-state index < -0.39 is 0 Å². The highest BCUT2D eigenvalue weighted by Gasteiger charge is 2.18. The zero-order valence-corrected chi connectivity index (χ0v) is 12.6. The van der Waals surface area contributed by atoms with Crippen molar-refractivity contribution < 1.29 is 4.79 Å². The Morgan fingerprint density at radius 1 is 1.10 bits per heavy atom. The van der Waals surface area contributed by atoms with Gasteiger partial charge in [0.05, 0.1) is 0 Å². The topological polar surface area (TPSA) is 25.2 Å². The molecule has 1 aromatic heterocycles. The third kappa shape index (κ3) is 2.93. The van der Waals surface area contributed by atoms with Gasteiger partial charge in [0.15, 0.2) is 0 Å². The molecule has 0 bridgehead atoms. The second kappa shape index (κ2) is 5.95. The number of aromatic nitrogens is 1. The number of carbonyl (C=O) groups is 1. The van der Waals surface area contributed by atoms with Crippen molar-refractivity contribution in [3.05, 3.63) is 59.4 Å². The van der Waals surface area contributed by atoms with Gasteiger partial charge in [0.25, 0.3) is 5.91 Å². The summed E-state index contributed by atoms with van der Waals surface area (Å²) in [6.07, 6.45) is 0. The molecule has 1 amide bonds. The molecule has 0 unspecified atom stereocenters. The van der Waals surface area contributed by atoms with Crippen LogP contribution in [0.25, 0.3) is 0 Å². The zero-order valence-electron chi connectivity index (χ0n) is 12.6. The van der Waals surface area contributed by atoms with Crippen molar-refractivity contribution >= 4 is 5.91 Å². The first-order valence-corrected chi connectivity index (χ1v) is 6.95. The average Bonchev–Trinajstić information content (AvgIpc) is 2.82. The monoisotopic (exact) mass is 270 g/mol. The standard InChI is InChI=1S/C17H22N2O/c1-13(2)15-10-11-16(17(20)18(3)4)19(15)12-14-8-6-5-7-9-14/h5-11,13H,12H2,1-4H3. The Kier molecular flexibility index (Phi) is 4.28. The molecule has 2 aromatic rings. The van der Waals surface area contributed by atoms with E-state index >= 15 is 0 Å². The highest BCUT2D eigenvalue weighted by Crippen LogP contribution is 2.21. The molecule has 20 heavy (non-hydrogen) atoms.